The van der Waals surface area contributed by atoms with Crippen molar-refractivity contribution in [3.05, 3.63) is 29.8 Å². The van der Waals surface area contributed by atoms with Crippen molar-refractivity contribution in [1.29, 1.82) is 0 Å². The average Bonchev–Trinajstić information content (AvgIpc) is 3.53. The topological polar surface area (TPSA) is 61.9 Å². The fraction of sp³-hybridized carbons (Fsp3) is 0.619. The van der Waals surface area contributed by atoms with E-state index in [0.717, 1.165) is 51.0 Å². The van der Waals surface area contributed by atoms with Crippen LogP contribution in [0.3, 0.4) is 0 Å². The summed E-state index contributed by atoms with van der Waals surface area (Å²) in [6, 6.07) is 8.02. The lowest BCUT2D eigenvalue weighted by Gasteiger charge is -2.22. The van der Waals surface area contributed by atoms with E-state index in [1.165, 1.54) is 5.56 Å². The van der Waals surface area contributed by atoms with E-state index >= 15 is 0 Å². The fourth-order valence-electron chi connectivity index (χ4n) is 3.33. The van der Waals surface area contributed by atoms with Gasteiger partial charge in [-0.05, 0) is 49.8 Å². The van der Waals surface area contributed by atoms with E-state index in [-0.39, 0.29) is 17.9 Å². The van der Waals surface area contributed by atoms with E-state index in [4.69, 9.17) is 4.74 Å². The predicted molar refractivity (Wildman–Crippen MR) is 105 cm³/mol. The Morgan fingerprint density at radius 1 is 1.07 bits per heavy atom. The molecule has 0 bridgehead atoms. The number of hydrogen-bond donors (Lipinski definition) is 1. The van der Waals surface area contributed by atoms with Crippen LogP contribution in [0.1, 0.15) is 38.2 Å². The number of urea groups is 1. The third-order valence-corrected chi connectivity index (χ3v) is 5.11. The molecule has 2 aliphatic rings. The molecule has 148 valence electrons. The number of nitrogens with zero attached hydrogens (tertiary/aromatic N) is 2. The van der Waals surface area contributed by atoms with E-state index in [1.54, 1.807) is 0 Å². The predicted octanol–water partition coefficient (Wildman–Crippen LogP) is 2.67. The number of ether oxygens (including phenoxy) is 1. The molecule has 2 fully saturated rings. The molecule has 1 heterocycles. The van der Waals surface area contributed by atoms with Gasteiger partial charge in [0.1, 0.15) is 5.75 Å². The molecule has 1 saturated heterocycles. The number of benzene rings is 1. The summed E-state index contributed by atoms with van der Waals surface area (Å²) in [6.45, 7) is 6.18. The SMILES string of the molecule is CCCOc1ccc(CCNC(=O)N2CCCN(C(=O)C3CC3)CC2)cc1. The molecule has 0 radical (unpaired) electrons. The van der Waals surface area contributed by atoms with Crippen molar-refractivity contribution in [3.63, 3.8) is 0 Å². The van der Waals surface area contributed by atoms with Crippen molar-refractivity contribution in [1.82, 2.24) is 15.1 Å². The number of carbonyl (C=O) groups is 2. The Balaban J connectivity index is 1.38. The molecule has 1 aromatic carbocycles. The average molecular weight is 373 g/mol. The Hall–Kier alpha value is -2.24. The quantitative estimate of drug-likeness (QED) is 0.799. The maximum Gasteiger partial charge on any atom is 0.317 e. The number of nitrogens with one attached hydrogen (secondary N) is 1. The Labute approximate surface area is 161 Å². The number of hydrogen-bond acceptors (Lipinski definition) is 3. The number of amides is 3. The smallest absolute Gasteiger partial charge is 0.317 e. The van der Waals surface area contributed by atoms with Crippen LogP contribution in [0.25, 0.3) is 0 Å². The zero-order chi connectivity index (χ0) is 19.1. The van der Waals surface area contributed by atoms with Crippen molar-refractivity contribution in [2.24, 2.45) is 5.92 Å². The lowest BCUT2D eigenvalue weighted by atomic mass is 10.1. The molecule has 0 spiro atoms. The van der Waals surface area contributed by atoms with Crippen LogP contribution in [0.5, 0.6) is 5.75 Å². The lowest BCUT2D eigenvalue weighted by Crippen LogP contribution is -2.43. The van der Waals surface area contributed by atoms with E-state index in [2.05, 4.69) is 12.2 Å². The lowest BCUT2D eigenvalue weighted by molar-refractivity contribution is -0.132. The number of carbonyl (C=O) groups excluding carboxylic acids is 2. The molecule has 0 atom stereocenters. The third-order valence-electron chi connectivity index (χ3n) is 5.11. The fourth-order valence-corrected chi connectivity index (χ4v) is 3.33. The molecule has 0 unspecified atom stereocenters. The Bertz CT molecular complexity index is 628. The van der Waals surface area contributed by atoms with Crippen LogP contribution in [0.15, 0.2) is 24.3 Å². The van der Waals surface area contributed by atoms with Gasteiger partial charge in [0.2, 0.25) is 5.91 Å². The Morgan fingerprint density at radius 3 is 2.48 bits per heavy atom. The molecule has 3 rings (SSSR count). The van der Waals surface area contributed by atoms with E-state index in [0.29, 0.717) is 26.2 Å². The van der Waals surface area contributed by atoms with E-state index < -0.39 is 0 Å². The minimum atomic E-state index is -0.0291. The van der Waals surface area contributed by atoms with Gasteiger partial charge in [0.25, 0.3) is 0 Å². The molecular formula is C21H31N3O3. The molecule has 6 nitrogen and oxygen atoms in total. The van der Waals surface area contributed by atoms with Gasteiger partial charge in [-0.25, -0.2) is 4.79 Å². The summed E-state index contributed by atoms with van der Waals surface area (Å²) < 4.78 is 5.58. The van der Waals surface area contributed by atoms with E-state index in [9.17, 15) is 9.59 Å². The van der Waals surface area contributed by atoms with Gasteiger partial charge in [-0.3, -0.25) is 4.79 Å². The third kappa shape index (κ3) is 5.88. The van der Waals surface area contributed by atoms with Crippen LogP contribution in [-0.4, -0.2) is 61.1 Å². The first-order valence-corrected chi connectivity index (χ1v) is 10.2. The zero-order valence-corrected chi connectivity index (χ0v) is 16.3. The van der Waals surface area contributed by atoms with Crippen LogP contribution >= 0.6 is 0 Å². The monoisotopic (exact) mass is 373 g/mol. The normalized spacial score (nSPS) is 17.4. The summed E-state index contributed by atoms with van der Waals surface area (Å²) in [4.78, 5) is 28.4. The summed E-state index contributed by atoms with van der Waals surface area (Å²) in [5.41, 5.74) is 1.18. The van der Waals surface area contributed by atoms with Crippen molar-refractivity contribution in [3.8, 4) is 5.75 Å². The summed E-state index contributed by atoms with van der Waals surface area (Å²) in [5.74, 6) is 1.42. The summed E-state index contributed by atoms with van der Waals surface area (Å²) in [7, 11) is 0. The van der Waals surface area contributed by atoms with Gasteiger partial charge >= 0.3 is 6.03 Å². The molecule has 6 heteroatoms. The van der Waals surface area contributed by atoms with Gasteiger partial charge in [-0.1, -0.05) is 19.1 Å². The molecule has 1 aliphatic carbocycles. The molecule has 1 N–H and O–H groups in total. The molecule has 3 amide bonds. The first-order chi connectivity index (χ1) is 13.2. The highest BCUT2D eigenvalue weighted by Crippen LogP contribution is 2.31. The van der Waals surface area contributed by atoms with Gasteiger partial charge < -0.3 is 19.9 Å². The summed E-state index contributed by atoms with van der Waals surface area (Å²) in [5, 5.41) is 3.01. The second-order valence-electron chi connectivity index (χ2n) is 7.41. The highest BCUT2D eigenvalue weighted by atomic mass is 16.5. The molecular weight excluding hydrogens is 342 g/mol. The zero-order valence-electron chi connectivity index (χ0n) is 16.3. The second-order valence-corrected chi connectivity index (χ2v) is 7.41. The van der Waals surface area contributed by atoms with Crippen molar-refractivity contribution >= 4 is 11.9 Å². The summed E-state index contributed by atoms with van der Waals surface area (Å²) in [6.07, 6.45) is 4.71. The molecule has 1 saturated carbocycles. The first-order valence-electron chi connectivity index (χ1n) is 10.2. The highest BCUT2D eigenvalue weighted by molar-refractivity contribution is 5.81. The molecule has 1 aliphatic heterocycles. The second kappa shape index (κ2) is 9.62. The van der Waals surface area contributed by atoms with Crippen molar-refractivity contribution in [2.45, 2.75) is 39.0 Å². The first kappa shape index (κ1) is 19.5. The van der Waals surface area contributed by atoms with E-state index in [1.807, 2.05) is 34.1 Å². The van der Waals surface area contributed by atoms with Crippen LogP contribution < -0.4 is 10.1 Å². The minimum absolute atomic E-state index is 0.0291. The number of rotatable bonds is 7. The van der Waals surface area contributed by atoms with Gasteiger partial charge in [0.05, 0.1) is 6.61 Å². The van der Waals surface area contributed by atoms with Crippen LogP contribution in [-0.2, 0) is 11.2 Å². The maximum absolute atomic E-state index is 12.4. The summed E-state index contributed by atoms with van der Waals surface area (Å²) >= 11 is 0. The molecule has 0 aromatic heterocycles. The van der Waals surface area contributed by atoms with Gasteiger partial charge in [0.15, 0.2) is 0 Å². The van der Waals surface area contributed by atoms with Crippen molar-refractivity contribution < 1.29 is 14.3 Å². The van der Waals surface area contributed by atoms with Gasteiger partial charge in [-0.2, -0.15) is 0 Å². The highest BCUT2D eigenvalue weighted by Gasteiger charge is 2.34. The Morgan fingerprint density at radius 2 is 1.78 bits per heavy atom. The van der Waals surface area contributed by atoms with Crippen LogP contribution in [0.4, 0.5) is 4.79 Å². The van der Waals surface area contributed by atoms with Crippen LogP contribution in [0, 0.1) is 5.92 Å². The van der Waals surface area contributed by atoms with Crippen molar-refractivity contribution in [2.75, 3.05) is 39.3 Å². The van der Waals surface area contributed by atoms with Gasteiger partial charge in [-0.15, -0.1) is 0 Å². The largest absolute Gasteiger partial charge is 0.494 e. The molecule has 1 aromatic rings. The standard InChI is InChI=1S/C21H31N3O3/c1-2-16-27-19-8-4-17(5-9-19)10-11-22-21(26)24-13-3-12-23(14-15-24)20(25)18-6-7-18/h4-5,8-9,18H,2-3,6-7,10-16H2,1H3,(H,22,26). The van der Waals surface area contributed by atoms with Gasteiger partial charge in [0, 0.05) is 38.6 Å². The maximum atomic E-state index is 12.4. The molecule has 27 heavy (non-hydrogen) atoms. The Kier molecular flexibility index (Phi) is 6.96. The van der Waals surface area contributed by atoms with Crippen LogP contribution in [0.2, 0.25) is 0 Å². The minimum Gasteiger partial charge on any atom is -0.494 e.